The molecule has 116 valence electrons. The van der Waals surface area contributed by atoms with E-state index in [1.54, 1.807) is 18.2 Å². The molecular weight excluding hydrogens is 306 g/mol. The minimum atomic E-state index is -5.04. The molecule has 0 fully saturated rings. The first-order valence-electron chi connectivity index (χ1n) is 5.93. The number of nitrogens with one attached hydrogen (secondary N) is 1. The van der Waals surface area contributed by atoms with E-state index in [0.717, 1.165) is 18.2 Å². The van der Waals surface area contributed by atoms with Crippen LogP contribution in [0.1, 0.15) is 0 Å². The molecule has 1 N–H and O–H groups in total. The van der Waals surface area contributed by atoms with Crippen LogP contribution in [0.15, 0.2) is 48.5 Å². The van der Waals surface area contributed by atoms with E-state index in [2.05, 4.69) is 4.74 Å². The number of benzene rings is 2. The van der Waals surface area contributed by atoms with Gasteiger partial charge in [0.15, 0.2) is 11.6 Å². The first-order valence-corrected chi connectivity index (χ1v) is 5.93. The molecule has 0 radical (unpaired) electrons. The molecule has 2 rings (SSSR count). The van der Waals surface area contributed by atoms with E-state index in [-0.39, 0.29) is 5.75 Å². The van der Waals surface area contributed by atoms with E-state index in [1.165, 1.54) is 12.1 Å². The lowest BCUT2D eigenvalue weighted by atomic mass is 10.3. The van der Waals surface area contributed by atoms with Crippen LogP contribution in [-0.2, 0) is 0 Å². The lowest BCUT2D eigenvalue weighted by Gasteiger charge is -2.12. The molecule has 0 saturated heterocycles. The highest BCUT2D eigenvalue weighted by Gasteiger charge is 2.32. The van der Waals surface area contributed by atoms with Crippen LogP contribution >= 0.6 is 0 Å². The molecule has 4 nitrogen and oxygen atoms in total. The van der Waals surface area contributed by atoms with Gasteiger partial charge in [-0.15, -0.1) is 13.2 Å². The van der Waals surface area contributed by atoms with Crippen LogP contribution in [0.25, 0.3) is 0 Å². The Balaban J connectivity index is 2.09. The van der Waals surface area contributed by atoms with Crippen molar-refractivity contribution in [2.24, 2.45) is 0 Å². The number of hydrogen-bond donors (Lipinski definition) is 1. The van der Waals surface area contributed by atoms with Crippen molar-refractivity contribution in [1.29, 1.82) is 0 Å². The second-order valence-electron chi connectivity index (χ2n) is 3.99. The van der Waals surface area contributed by atoms with Crippen molar-refractivity contribution in [2.45, 2.75) is 6.36 Å². The molecule has 0 spiro atoms. The Morgan fingerprint density at radius 2 is 1.68 bits per heavy atom. The maximum atomic E-state index is 13.8. The van der Waals surface area contributed by atoms with E-state index in [4.69, 9.17) is 4.74 Å². The normalized spacial score (nSPS) is 10.9. The lowest BCUT2D eigenvalue weighted by Crippen LogP contribution is -2.20. The zero-order valence-corrected chi connectivity index (χ0v) is 10.9. The van der Waals surface area contributed by atoms with Crippen LogP contribution in [0, 0.1) is 5.82 Å². The van der Waals surface area contributed by atoms with Gasteiger partial charge in [-0.05, 0) is 24.3 Å². The fourth-order valence-corrected chi connectivity index (χ4v) is 1.54. The Morgan fingerprint density at radius 3 is 2.32 bits per heavy atom. The number of ether oxygens (including phenoxy) is 2. The van der Waals surface area contributed by atoms with Gasteiger partial charge in [-0.25, -0.2) is 9.18 Å². The van der Waals surface area contributed by atoms with Crippen molar-refractivity contribution >= 4 is 11.8 Å². The van der Waals surface area contributed by atoms with Crippen LogP contribution in [0.4, 0.5) is 28.0 Å². The lowest BCUT2D eigenvalue weighted by molar-refractivity contribution is -0.275. The molecule has 2 aromatic rings. The number of anilines is 1. The topological polar surface area (TPSA) is 47.6 Å². The van der Waals surface area contributed by atoms with Crippen LogP contribution in [0.5, 0.6) is 11.5 Å². The minimum absolute atomic E-state index is 0.197. The summed E-state index contributed by atoms with van der Waals surface area (Å²) in [5, 5.41) is 2.00. The van der Waals surface area contributed by atoms with Crippen molar-refractivity contribution in [3.8, 4) is 11.5 Å². The molecule has 8 heteroatoms. The van der Waals surface area contributed by atoms with Gasteiger partial charge in [0.25, 0.3) is 0 Å². The molecule has 2 aromatic carbocycles. The van der Waals surface area contributed by atoms with Crippen LogP contribution < -0.4 is 14.8 Å². The van der Waals surface area contributed by atoms with Gasteiger partial charge in [-0.1, -0.05) is 24.3 Å². The van der Waals surface area contributed by atoms with Gasteiger partial charge in [0, 0.05) is 0 Å². The molecule has 0 aliphatic heterocycles. The molecule has 0 bridgehead atoms. The standard InChI is InChI=1S/C14H9F4NO3/c15-12-10(7-4-8-11(12)22-14(16,17)18)19-13(20)21-9-5-2-1-3-6-9/h1-8H,(H,19,20). The first kappa shape index (κ1) is 15.6. The summed E-state index contributed by atoms with van der Waals surface area (Å²) in [6.45, 7) is 0. The number of alkyl halides is 3. The minimum Gasteiger partial charge on any atom is -0.410 e. The van der Waals surface area contributed by atoms with Crippen molar-refractivity contribution in [1.82, 2.24) is 0 Å². The van der Waals surface area contributed by atoms with Gasteiger partial charge in [0.2, 0.25) is 0 Å². The Labute approximate surface area is 122 Å². The van der Waals surface area contributed by atoms with E-state index >= 15 is 0 Å². The average Bonchev–Trinajstić information content (AvgIpc) is 2.43. The molecule has 0 aromatic heterocycles. The van der Waals surface area contributed by atoms with Gasteiger partial charge < -0.3 is 9.47 Å². The second-order valence-corrected chi connectivity index (χ2v) is 3.99. The monoisotopic (exact) mass is 315 g/mol. The van der Waals surface area contributed by atoms with Crippen LogP contribution in [0.2, 0.25) is 0 Å². The molecule has 22 heavy (non-hydrogen) atoms. The van der Waals surface area contributed by atoms with E-state index in [9.17, 15) is 22.4 Å². The summed E-state index contributed by atoms with van der Waals surface area (Å²) in [5.74, 6) is -2.21. The van der Waals surface area contributed by atoms with Gasteiger partial charge in [-0.2, -0.15) is 0 Å². The predicted molar refractivity (Wildman–Crippen MR) is 69.2 cm³/mol. The summed E-state index contributed by atoms with van der Waals surface area (Å²) in [6.07, 6.45) is -6.08. The molecule has 0 saturated carbocycles. The summed E-state index contributed by atoms with van der Waals surface area (Å²) < 4.78 is 58.5. The van der Waals surface area contributed by atoms with E-state index in [1.807, 2.05) is 5.32 Å². The third-order valence-electron chi connectivity index (χ3n) is 2.38. The van der Waals surface area contributed by atoms with Crippen LogP contribution in [0.3, 0.4) is 0 Å². The number of para-hydroxylation sites is 1. The third-order valence-corrected chi connectivity index (χ3v) is 2.38. The highest BCUT2D eigenvalue weighted by Crippen LogP contribution is 2.29. The molecular formula is C14H9F4NO3. The van der Waals surface area contributed by atoms with Crippen molar-refractivity contribution in [2.75, 3.05) is 5.32 Å². The first-order chi connectivity index (χ1) is 10.3. The summed E-state index contributed by atoms with van der Waals surface area (Å²) in [4.78, 5) is 11.6. The summed E-state index contributed by atoms with van der Waals surface area (Å²) in [5.41, 5.74) is -0.498. The maximum Gasteiger partial charge on any atom is 0.573 e. The molecule has 0 aliphatic rings. The van der Waals surface area contributed by atoms with Gasteiger partial charge >= 0.3 is 12.5 Å². The predicted octanol–water partition coefficient (Wildman–Crippen LogP) is 4.34. The van der Waals surface area contributed by atoms with Crippen molar-refractivity contribution in [3.63, 3.8) is 0 Å². The quantitative estimate of drug-likeness (QED) is 0.857. The molecule has 0 aliphatic carbocycles. The summed E-state index contributed by atoms with van der Waals surface area (Å²) in [6, 6.07) is 10.9. The van der Waals surface area contributed by atoms with Gasteiger partial charge in [-0.3, -0.25) is 5.32 Å². The number of hydrogen-bond acceptors (Lipinski definition) is 3. The Morgan fingerprint density at radius 1 is 1.00 bits per heavy atom. The number of amides is 1. The maximum absolute atomic E-state index is 13.8. The molecule has 0 atom stereocenters. The Kier molecular flexibility index (Phi) is 4.50. The molecule has 0 unspecified atom stereocenters. The zero-order valence-electron chi connectivity index (χ0n) is 10.9. The number of halogens is 4. The highest BCUT2D eigenvalue weighted by atomic mass is 19.4. The van der Waals surface area contributed by atoms with E-state index < -0.39 is 29.7 Å². The second kappa shape index (κ2) is 6.33. The van der Waals surface area contributed by atoms with Gasteiger partial charge in [0.05, 0.1) is 5.69 Å². The highest BCUT2D eigenvalue weighted by molar-refractivity contribution is 5.86. The fourth-order valence-electron chi connectivity index (χ4n) is 1.54. The number of carbonyl (C=O) groups is 1. The fraction of sp³-hybridized carbons (Fsp3) is 0.0714. The Hall–Kier alpha value is -2.77. The third kappa shape index (κ3) is 4.37. The van der Waals surface area contributed by atoms with E-state index in [0.29, 0.717) is 0 Å². The number of rotatable bonds is 3. The SMILES string of the molecule is O=C(Nc1cccc(OC(F)(F)F)c1F)Oc1ccccc1. The summed E-state index contributed by atoms with van der Waals surface area (Å²) >= 11 is 0. The largest absolute Gasteiger partial charge is 0.573 e. The Bertz CT molecular complexity index is 659. The summed E-state index contributed by atoms with van der Waals surface area (Å²) in [7, 11) is 0. The van der Waals surface area contributed by atoms with Crippen LogP contribution in [-0.4, -0.2) is 12.5 Å². The molecule has 1 amide bonds. The average molecular weight is 315 g/mol. The zero-order chi connectivity index (χ0) is 16.2. The van der Waals surface area contributed by atoms with Gasteiger partial charge in [0.1, 0.15) is 5.75 Å². The van der Waals surface area contributed by atoms with Crippen molar-refractivity contribution < 1.29 is 31.8 Å². The smallest absolute Gasteiger partial charge is 0.410 e. The van der Waals surface area contributed by atoms with Crippen molar-refractivity contribution in [3.05, 3.63) is 54.3 Å². The number of carbonyl (C=O) groups excluding carboxylic acids is 1. The molecule has 0 heterocycles.